The Balaban J connectivity index is 1.36. The molecule has 0 atom stereocenters. The predicted molar refractivity (Wildman–Crippen MR) is 119 cm³/mol. The molecule has 2 aromatic carbocycles. The summed E-state index contributed by atoms with van der Waals surface area (Å²) in [5.74, 6) is -0.408. The maximum Gasteiger partial charge on any atom is 0.416 e. The zero-order valence-corrected chi connectivity index (χ0v) is 17.2. The van der Waals surface area contributed by atoms with Crippen molar-refractivity contribution in [1.29, 1.82) is 0 Å². The second-order valence-electron chi connectivity index (χ2n) is 7.56. The van der Waals surface area contributed by atoms with E-state index < -0.39 is 17.6 Å². The number of hydrogen-bond donors (Lipinski definition) is 1. The fraction of sp³-hybridized carbons (Fsp3) is 0.0800. The molecule has 3 heterocycles. The van der Waals surface area contributed by atoms with E-state index in [-0.39, 0.29) is 12.2 Å². The van der Waals surface area contributed by atoms with Gasteiger partial charge in [-0.05, 0) is 53.1 Å². The first-order valence-corrected chi connectivity index (χ1v) is 10.2. The number of hydrogen-bond acceptors (Lipinski definition) is 3. The first-order chi connectivity index (χ1) is 15.9. The standard InChI is InChI=1S/C25H17F3N4O/c26-25(27,28)18-9-6-16(7-10-18)13-30-24(33)22-15-32-14-17(8-11-23(32)31-22)19-3-1-5-21-20(19)4-2-12-29-21/h1-12,14-15H,13H2,(H,30,33). The first-order valence-electron chi connectivity index (χ1n) is 10.2. The van der Waals surface area contributed by atoms with Gasteiger partial charge in [0.15, 0.2) is 0 Å². The minimum Gasteiger partial charge on any atom is -0.347 e. The van der Waals surface area contributed by atoms with Crippen LogP contribution >= 0.6 is 0 Å². The van der Waals surface area contributed by atoms with Crippen molar-refractivity contribution in [2.45, 2.75) is 12.7 Å². The number of nitrogens with one attached hydrogen (secondary N) is 1. The molecule has 1 amide bonds. The zero-order valence-electron chi connectivity index (χ0n) is 17.2. The highest BCUT2D eigenvalue weighted by molar-refractivity contribution is 5.95. The fourth-order valence-electron chi connectivity index (χ4n) is 3.70. The molecule has 0 aliphatic rings. The third-order valence-corrected chi connectivity index (χ3v) is 5.37. The Kier molecular flexibility index (Phi) is 5.05. The van der Waals surface area contributed by atoms with Crippen LogP contribution < -0.4 is 5.32 Å². The average Bonchev–Trinajstić information content (AvgIpc) is 3.25. The summed E-state index contributed by atoms with van der Waals surface area (Å²) in [6, 6.07) is 18.3. The van der Waals surface area contributed by atoms with Gasteiger partial charge in [0.25, 0.3) is 5.91 Å². The summed E-state index contributed by atoms with van der Waals surface area (Å²) in [6.45, 7) is 0.0963. The number of halogens is 3. The van der Waals surface area contributed by atoms with Gasteiger partial charge in [0, 0.05) is 30.5 Å². The minimum atomic E-state index is -4.39. The Hall–Kier alpha value is -4.20. The number of carbonyl (C=O) groups is 1. The van der Waals surface area contributed by atoms with Crippen LogP contribution in [0.3, 0.4) is 0 Å². The Labute approximate surface area is 186 Å². The second kappa shape index (κ2) is 8.05. The van der Waals surface area contributed by atoms with Gasteiger partial charge in [0.1, 0.15) is 11.3 Å². The topological polar surface area (TPSA) is 59.3 Å². The molecule has 1 N–H and O–H groups in total. The number of amides is 1. The Morgan fingerprint density at radius 3 is 2.55 bits per heavy atom. The largest absolute Gasteiger partial charge is 0.416 e. The molecule has 5 aromatic rings. The molecule has 0 aliphatic carbocycles. The van der Waals surface area contributed by atoms with Gasteiger partial charge >= 0.3 is 6.18 Å². The smallest absolute Gasteiger partial charge is 0.347 e. The lowest BCUT2D eigenvalue weighted by Crippen LogP contribution is -2.23. The van der Waals surface area contributed by atoms with E-state index in [0.717, 1.165) is 34.2 Å². The van der Waals surface area contributed by atoms with Gasteiger partial charge in [0.05, 0.1) is 11.1 Å². The number of nitrogens with zero attached hydrogens (tertiary/aromatic N) is 3. The van der Waals surface area contributed by atoms with Gasteiger partial charge in [-0.3, -0.25) is 9.78 Å². The quantitative estimate of drug-likeness (QED) is 0.397. The summed E-state index contributed by atoms with van der Waals surface area (Å²) < 4.78 is 39.8. The van der Waals surface area contributed by atoms with E-state index in [1.54, 1.807) is 16.8 Å². The molecule has 164 valence electrons. The normalized spacial score (nSPS) is 11.7. The van der Waals surface area contributed by atoms with Gasteiger partial charge in [-0.1, -0.05) is 30.3 Å². The Morgan fingerprint density at radius 2 is 1.76 bits per heavy atom. The molecule has 33 heavy (non-hydrogen) atoms. The summed E-state index contributed by atoms with van der Waals surface area (Å²) in [7, 11) is 0. The second-order valence-corrected chi connectivity index (χ2v) is 7.56. The van der Waals surface area contributed by atoms with Crippen LogP contribution in [0.2, 0.25) is 0 Å². The number of alkyl halides is 3. The first kappa shape index (κ1) is 20.7. The van der Waals surface area contributed by atoms with Crippen LogP contribution in [0.1, 0.15) is 21.6 Å². The van der Waals surface area contributed by atoms with Crippen LogP contribution in [0.15, 0.2) is 85.3 Å². The van der Waals surface area contributed by atoms with E-state index >= 15 is 0 Å². The van der Waals surface area contributed by atoms with E-state index in [0.29, 0.717) is 11.2 Å². The van der Waals surface area contributed by atoms with E-state index in [9.17, 15) is 18.0 Å². The van der Waals surface area contributed by atoms with E-state index in [1.165, 1.54) is 12.1 Å². The van der Waals surface area contributed by atoms with Crippen LogP contribution in [0.5, 0.6) is 0 Å². The SMILES string of the molecule is O=C(NCc1ccc(C(F)(F)F)cc1)c1cn2cc(-c3cccc4ncccc34)ccc2n1. The predicted octanol–water partition coefficient (Wildman–Crippen LogP) is 5.50. The third-order valence-electron chi connectivity index (χ3n) is 5.37. The van der Waals surface area contributed by atoms with Crippen molar-refractivity contribution in [3.63, 3.8) is 0 Å². The lowest BCUT2D eigenvalue weighted by atomic mass is 10.0. The molecular formula is C25H17F3N4O. The number of aromatic nitrogens is 3. The molecule has 0 aliphatic heterocycles. The average molecular weight is 446 g/mol. The van der Waals surface area contributed by atoms with Crippen molar-refractivity contribution in [3.05, 3.63) is 102 Å². The van der Waals surface area contributed by atoms with Crippen LogP contribution in [-0.2, 0) is 12.7 Å². The van der Waals surface area contributed by atoms with Crippen molar-refractivity contribution in [2.24, 2.45) is 0 Å². The number of pyridine rings is 2. The lowest BCUT2D eigenvalue weighted by Gasteiger charge is -2.08. The molecule has 8 heteroatoms. The minimum absolute atomic E-state index is 0.0963. The van der Waals surface area contributed by atoms with E-state index in [1.807, 2.05) is 48.7 Å². The maximum atomic E-state index is 12.7. The van der Waals surface area contributed by atoms with Crippen LogP contribution in [-0.4, -0.2) is 20.3 Å². The number of imidazole rings is 1. The van der Waals surface area contributed by atoms with Gasteiger partial charge < -0.3 is 9.72 Å². The summed E-state index contributed by atoms with van der Waals surface area (Å²) in [5, 5.41) is 3.72. The van der Waals surface area contributed by atoms with E-state index in [4.69, 9.17) is 0 Å². The number of carbonyl (C=O) groups excluding carboxylic acids is 1. The Bertz CT molecular complexity index is 1470. The lowest BCUT2D eigenvalue weighted by molar-refractivity contribution is -0.137. The van der Waals surface area contributed by atoms with Gasteiger partial charge in [-0.25, -0.2) is 4.98 Å². The van der Waals surface area contributed by atoms with Crippen molar-refractivity contribution in [3.8, 4) is 11.1 Å². The molecule has 3 aromatic heterocycles. The molecule has 0 bridgehead atoms. The monoisotopic (exact) mass is 446 g/mol. The van der Waals surface area contributed by atoms with Crippen LogP contribution in [0, 0.1) is 0 Å². The zero-order chi connectivity index (χ0) is 23.0. The number of fused-ring (bicyclic) bond motifs is 2. The molecule has 5 rings (SSSR count). The number of rotatable bonds is 4. The summed E-state index contributed by atoms with van der Waals surface area (Å²) in [4.78, 5) is 21.3. The van der Waals surface area contributed by atoms with Gasteiger partial charge in [-0.15, -0.1) is 0 Å². The highest BCUT2D eigenvalue weighted by atomic mass is 19.4. The Morgan fingerprint density at radius 1 is 0.939 bits per heavy atom. The molecular weight excluding hydrogens is 429 g/mol. The van der Waals surface area contributed by atoms with Crippen molar-refractivity contribution in [2.75, 3.05) is 0 Å². The molecule has 0 saturated heterocycles. The van der Waals surface area contributed by atoms with Crippen molar-refractivity contribution < 1.29 is 18.0 Å². The fourth-order valence-corrected chi connectivity index (χ4v) is 3.70. The third kappa shape index (κ3) is 4.15. The van der Waals surface area contributed by atoms with Gasteiger partial charge in [0.2, 0.25) is 0 Å². The maximum absolute atomic E-state index is 12.7. The molecule has 0 unspecified atom stereocenters. The summed E-state index contributed by atoms with van der Waals surface area (Å²) >= 11 is 0. The molecule has 5 nitrogen and oxygen atoms in total. The molecule has 0 spiro atoms. The van der Waals surface area contributed by atoms with Crippen LogP contribution in [0.25, 0.3) is 27.7 Å². The highest BCUT2D eigenvalue weighted by Crippen LogP contribution is 2.29. The molecule has 0 fully saturated rings. The van der Waals surface area contributed by atoms with E-state index in [2.05, 4.69) is 15.3 Å². The van der Waals surface area contributed by atoms with Gasteiger partial charge in [-0.2, -0.15) is 13.2 Å². The van der Waals surface area contributed by atoms with Crippen molar-refractivity contribution in [1.82, 2.24) is 19.7 Å². The van der Waals surface area contributed by atoms with Crippen molar-refractivity contribution >= 4 is 22.5 Å². The van der Waals surface area contributed by atoms with Crippen LogP contribution in [0.4, 0.5) is 13.2 Å². The summed E-state index contributed by atoms with van der Waals surface area (Å²) in [5.41, 5.74) is 3.53. The summed E-state index contributed by atoms with van der Waals surface area (Å²) in [6.07, 6.45) is 0.890. The molecule has 0 radical (unpaired) electrons. The highest BCUT2D eigenvalue weighted by Gasteiger charge is 2.29. The molecule has 0 saturated carbocycles. The number of benzene rings is 2.